The smallest absolute Gasteiger partial charge is 0.0449 e. The number of likely N-dealkylation sites (N-methyl/N-ethyl adjacent to an activating group) is 1. The highest BCUT2D eigenvalue weighted by atomic mass is 15.2. The third-order valence-electron chi connectivity index (χ3n) is 3.60. The van der Waals surface area contributed by atoms with E-state index in [1.165, 1.54) is 12.0 Å². The van der Waals surface area contributed by atoms with Crippen molar-refractivity contribution in [3.8, 4) is 0 Å². The lowest BCUT2D eigenvalue weighted by Crippen LogP contribution is -2.35. The molecular formula is C14H22N2. The zero-order valence-corrected chi connectivity index (χ0v) is 10.3. The number of rotatable bonds is 2. The van der Waals surface area contributed by atoms with Crippen molar-refractivity contribution in [2.24, 2.45) is 0 Å². The maximum absolute atomic E-state index is 3.65. The van der Waals surface area contributed by atoms with Crippen LogP contribution in [0.5, 0.6) is 0 Å². The Bertz CT molecular complexity index is 310. The van der Waals surface area contributed by atoms with Crippen LogP contribution in [0.4, 0.5) is 0 Å². The van der Waals surface area contributed by atoms with Gasteiger partial charge in [-0.3, -0.25) is 4.90 Å². The lowest BCUT2D eigenvalue weighted by molar-refractivity contribution is 0.216. The number of nitrogens with one attached hydrogen (secondary N) is 1. The topological polar surface area (TPSA) is 15.3 Å². The van der Waals surface area contributed by atoms with Gasteiger partial charge in [0.15, 0.2) is 0 Å². The van der Waals surface area contributed by atoms with Crippen molar-refractivity contribution in [3.05, 3.63) is 35.9 Å². The molecule has 1 aliphatic heterocycles. The first kappa shape index (κ1) is 11.6. The highest BCUT2D eigenvalue weighted by molar-refractivity contribution is 5.19. The molecule has 1 aromatic rings. The van der Waals surface area contributed by atoms with E-state index in [-0.39, 0.29) is 0 Å². The minimum Gasteiger partial charge on any atom is -0.309 e. The monoisotopic (exact) mass is 218 g/mol. The molecule has 0 spiro atoms. The minimum atomic E-state index is 0.492. The fourth-order valence-corrected chi connectivity index (χ4v) is 2.48. The fraction of sp³-hybridized carbons (Fsp3) is 0.571. The highest BCUT2D eigenvalue weighted by Crippen LogP contribution is 2.19. The molecule has 0 saturated carbocycles. The SMILES string of the molecule is CCN1CC(c2ccccc2)NCCC1C. The standard InChI is InChI=1S/C14H22N2/c1-3-16-11-14(15-10-9-12(16)2)13-7-5-4-6-8-13/h4-8,12,14-15H,3,9-11H2,1-2H3. The first-order valence-electron chi connectivity index (χ1n) is 6.33. The van der Waals surface area contributed by atoms with Gasteiger partial charge in [0, 0.05) is 18.6 Å². The summed E-state index contributed by atoms with van der Waals surface area (Å²) < 4.78 is 0. The second-order valence-corrected chi connectivity index (χ2v) is 4.64. The summed E-state index contributed by atoms with van der Waals surface area (Å²) in [5, 5.41) is 3.65. The summed E-state index contributed by atoms with van der Waals surface area (Å²) in [6, 6.07) is 12.0. The highest BCUT2D eigenvalue weighted by Gasteiger charge is 2.22. The van der Waals surface area contributed by atoms with Gasteiger partial charge in [0.25, 0.3) is 0 Å². The van der Waals surface area contributed by atoms with Crippen LogP contribution < -0.4 is 5.32 Å². The van der Waals surface area contributed by atoms with E-state index in [1.807, 2.05) is 0 Å². The molecule has 16 heavy (non-hydrogen) atoms. The second kappa shape index (κ2) is 5.46. The zero-order chi connectivity index (χ0) is 11.4. The Morgan fingerprint density at radius 1 is 1.31 bits per heavy atom. The molecule has 2 unspecified atom stereocenters. The predicted molar refractivity (Wildman–Crippen MR) is 68.5 cm³/mol. The molecule has 1 fully saturated rings. The second-order valence-electron chi connectivity index (χ2n) is 4.64. The molecule has 1 aliphatic rings. The van der Waals surface area contributed by atoms with Crippen LogP contribution in [0.15, 0.2) is 30.3 Å². The van der Waals surface area contributed by atoms with Gasteiger partial charge in [0.1, 0.15) is 0 Å². The molecule has 0 aromatic heterocycles. The van der Waals surface area contributed by atoms with Crippen molar-refractivity contribution in [1.29, 1.82) is 0 Å². The van der Waals surface area contributed by atoms with Crippen LogP contribution in [0.1, 0.15) is 31.9 Å². The number of benzene rings is 1. The number of hydrogen-bond acceptors (Lipinski definition) is 2. The molecular weight excluding hydrogens is 196 g/mol. The van der Waals surface area contributed by atoms with Gasteiger partial charge < -0.3 is 5.32 Å². The van der Waals surface area contributed by atoms with Gasteiger partial charge in [0.05, 0.1) is 0 Å². The van der Waals surface area contributed by atoms with Gasteiger partial charge in [-0.2, -0.15) is 0 Å². The maximum atomic E-state index is 3.65. The molecule has 0 bridgehead atoms. The van der Waals surface area contributed by atoms with E-state index < -0.39 is 0 Å². The summed E-state index contributed by atoms with van der Waals surface area (Å²) >= 11 is 0. The summed E-state index contributed by atoms with van der Waals surface area (Å²) in [6.07, 6.45) is 1.25. The zero-order valence-electron chi connectivity index (χ0n) is 10.3. The van der Waals surface area contributed by atoms with Crippen LogP contribution in [0.3, 0.4) is 0 Å². The molecule has 2 rings (SSSR count). The third-order valence-corrected chi connectivity index (χ3v) is 3.60. The normalized spacial score (nSPS) is 27.6. The van der Waals surface area contributed by atoms with E-state index in [0.29, 0.717) is 12.1 Å². The van der Waals surface area contributed by atoms with Gasteiger partial charge >= 0.3 is 0 Å². The van der Waals surface area contributed by atoms with Gasteiger partial charge in [-0.25, -0.2) is 0 Å². The molecule has 2 heteroatoms. The molecule has 2 atom stereocenters. The Morgan fingerprint density at radius 2 is 2.06 bits per heavy atom. The van der Waals surface area contributed by atoms with Crippen LogP contribution in [-0.2, 0) is 0 Å². The maximum Gasteiger partial charge on any atom is 0.0449 e. The summed E-state index contributed by atoms with van der Waals surface area (Å²) in [5.41, 5.74) is 1.41. The number of nitrogens with zero attached hydrogens (tertiary/aromatic N) is 1. The van der Waals surface area contributed by atoms with Gasteiger partial charge in [-0.1, -0.05) is 37.3 Å². The summed E-state index contributed by atoms with van der Waals surface area (Å²) in [7, 11) is 0. The van der Waals surface area contributed by atoms with Crippen LogP contribution in [0, 0.1) is 0 Å². The lowest BCUT2D eigenvalue weighted by Gasteiger charge is -2.27. The van der Waals surface area contributed by atoms with E-state index in [4.69, 9.17) is 0 Å². The van der Waals surface area contributed by atoms with Crippen molar-refractivity contribution in [2.45, 2.75) is 32.4 Å². The van der Waals surface area contributed by atoms with Crippen molar-refractivity contribution in [3.63, 3.8) is 0 Å². The quantitative estimate of drug-likeness (QED) is 0.820. The van der Waals surface area contributed by atoms with Crippen LogP contribution in [-0.4, -0.2) is 30.6 Å². The number of hydrogen-bond donors (Lipinski definition) is 1. The van der Waals surface area contributed by atoms with Gasteiger partial charge in [-0.05, 0) is 32.0 Å². The van der Waals surface area contributed by atoms with Gasteiger partial charge in [0.2, 0.25) is 0 Å². The van der Waals surface area contributed by atoms with Crippen LogP contribution in [0.2, 0.25) is 0 Å². The minimum absolute atomic E-state index is 0.492. The average molecular weight is 218 g/mol. The van der Waals surface area contributed by atoms with Gasteiger partial charge in [-0.15, -0.1) is 0 Å². The van der Waals surface area contributed by atoms with E-state index in [1.54, 1.807) is 0 Å². The van der Waals surface area contributed by atoms with Crippen LogP contribution >= 0.6 is 0 Å². The van der Waals surface area contributed by atoms with Crippen molar-refractivity contribution in [1.82, 2.24) is 10.2 Å². The van der Waals surface area contributed by atoms with E-state index in [0.717, 1.165) is 19.6 Å². The lowest BCUT2D eigenvalue weighted by atomic mass is 10.1. The Kier molecular flexibility index (Phi) is 3.97. The largest absolute Gasteiger partial charge is 0.309 e. The predicted octanol–water partition coefficient (Wildman–Crippen LogP) is 2.43. The molecule has 1 saturated heterocycles. The van der Waals surface area contributed by atoms with Crippen molar-refractivity contribution < 1.29 is 0 Å². The van der Waals surface area contributed by atoms with Crippen molar-refractivity contribution in [2.75, 3.05) is 19.6 Å². The van der Waals surface area contributed by atoms with E-state index in [9.17, 15) is 0 Å². The Hall–Kier alpha value is -0.860. The summed E-state index contributed by atoms with van der Waals surface area (Å²) in [5.74, 6) is 0. The van der Waals surface area contributed by atoms with E-state index >= 15 is 0 Å². The molecule has 1 aromatic carbocycles. The van der Waals surface area contributed by atoms with Crippen LogP contribution in [0.25, 0.3) is 0 Å². The molecule has 1 N–H and O–H groups in total. The fourth-order valence-electron chi connectivity index (χ4n) is 2.48. The first-order chi connectivity index (χ1) is 7.81. The average Bonchev–Trinajstić information content (AvgIpc) is 2.52. The molecule has 0 amide bonds. The van der Waals surface area contributed by atoms with E-state index in [2.05, 4.69) is 54.4 Å². The molecule has 88 valence electrons. The summed E-state index contributed by atoms with van der Waals surface area (Å²) in [4.78, 5) is 2.57. The molecule has 0 aliphatic carbocycles. The Morgan fingerprint density at radius 3 is 2.75 bits per heavy atom. The molecule has 1 heterocycles. The molecule has 0 radical (unpaired) electrons. The van der Waals surface area contributed by atoms with Crippen molar-refractivity contribution >= 4 is 0 Å². The Labute approximate surface area is 98.7 Å². The summed E-state index contributed by atoms with van der Waals surface area (Å²) in [6.45, 7) is 7.98. The molecule has 2 nitrogen and oxygen atoms in total. The Balaban J connectivity index is 2.10. The third kappa shape index (κ3) is 2.63. The first-order valence-corrected chi connectivity index (χ1v) is 6.33.